The molecule has 132 valence electrons. The number of nitrogens with one attached hydrogen (secondary N) is 4. The van der Waals surface area contributed by atoms with Crippen LogP contribution in [0.5, 0.6) is 0 Å². The van der Waals surface area contributed by atoms with E-state index in [1.807, 2.05) is 5.32 Å². The van der Waals surface area contributed by atoms with E-state index in [0.717, 1.165) is 18.2 Å². The summed E-state index contributed by atoms with van der Waals surface area (Å²) in [5.41, 5.74) is 2.57. The Morgan fingerprint density at radius 1 is 1.29 bits per heavy atom. The van der Waals surface area contributed by atoms with Crippen molar-refractivity contribution in [3.63, 3.8) is 0 Å². The SMILES string of the molecule is COC(C)(C)C(NC(=O)O)C(=O)NNC(=N)c1cc(F)ccc1F. The van der Waals surface area contributed by atoms with E-state index in [4.69, 9.17) is 15.3 Å². The predicted molar refractivity (Wildman–Crippen MR) is 80.5 cm³/mol. The molecule has 1 aromatic rings. The van der Waals surface area contributed by atoms with Crippen molar-refractivity contribution in [2.45, 2.75) is 25.5 Å². The molecule has 1 atom stereocenters. The van der Waals surface area contributed by atoms with Gasteiger partial charge in [-0.05, 0) is 32.0 Å². The summed E-state index contributed by atoms with van der Waals surface area (Å²) in [6, 6.07) is 1.19. The molecule has 5 N–H and O–H groups in total. The molecular formula is C14H18F2N4O4. The maximum Gasteiger partial charge on any atom is 0.405 e. The fraction of sp³-hybridized carbons (Fsp3) is 0.357. The van der Waals surface area contributed by atoms with E-state index in [2.05, 4.69) is 10.9 Å². The number of halogens is 2. The van der Waals surface area contributed by atoms with E-state index >= 15 is 0 Å². The van der Waals surface area contributed by atoms with Gasteiger partial charge in [-0.1, -0.05) is 0 Å². The van der Waals surface area contributed by atoms with Gasteiger partial charge in [0.05, 0.1) is 11.2 Å². The molecule has 0 radical (unpaired) electrons. The molecule has 0 aliphatic rings. The van der Waals surface area contributed by atoms with Crippen molar-refractivity contribution in [1.29, 1.82) is 5.41 Å². The summed E-state index contributed by atoms with van der Waals surface area (Å²) in [5, 5.41) is 18.4. The number of methoxy groups -OCH3 is 1. The second-order valence-electron chi connectivity index (χ2n) is 5.30. The highest BCUT2D eigenvalue weighted by Gasteiger charge is 2.37. The monoisotopic (exact) mass is 344 g/mol. The third-order valence-electron chi connectivity index (χ3n) is 3.26. The lowest BCUT2D eigenvalue weighted by Crippen LogP contribution is -2.60. The van der Waals surface area contributed by atoms with Crippen LogP contribution in [0.25, 0.3) is 0 Å². The molecule has 24 heavy (non-hydrogen) atoms. The third-order valence-corrected chi connectivity index (χ3v) is 3.26. The average Bonchev–Trinajstić information content (AvgIpc) is 2.51. The van der Waals surface area contributed by atoms with E-state index < -0.39 is 46.7 Å². The maximum absolute atomic E-state index is 13.5. The Hall–Kier alpha value is -2.75. The molecule has 0 bridgehead atoms. The van der Waals surface area contributed by atoms with Gasteiger partial charge in [-0.3, -0.25) is 21.1 Å². The van der Waals surface area contributed by atoms with Crippen molar-refractivity contribution in [3.8, 4) is 0 Å². The fourth-order valence-corrected chi connectivity index (χ4v) is 1.75. The Morgan fingerprint density at radius 3 is 2.46 bits per heavy atom. The summed E-state index contributed by atoms with van der Waals surface area (Å²) in [6.45, 7) is 2.95. The number of hydrogen-bond acceptors (Lipinski definition) is 4. The smallest absolute Gasteiger partial charge is 0.405 e. The molecule has 0 spiro atoms. The standard InChI is InChI=1S/C14H18F2N4O4/c1-14(2,24-3)10(18-13(22)23)12(21)20-19-11(17)8-6-7(15)4-5-9(8)16/h4-6,10,18H,1-3H3,(H2,17,19)(H,20,21)(H,22,23). The first-order chi connectivity index (χ1) is 11.1. The number of carbonyl (C=O) groups is 2. The minimum atomic E-state index is -1.45. The van der Waals surface area contributed by atoms with Crippen molar-refractivity contribution in [1.82, 2.24) is 16.2 Å². The van der Waals surface area contributed by atoms with E-state index in [9.17, 15) is 18.4 Å². The summed E-state index contributed by atoms with van der Waals surface area (Å²) < 4.78 is 31.7. The van der Waals surface area contributed by atoms with Crippen LogP contribution in [0.4, 0.5) is 13.6 Å². The van der Waals surface area contributed by atoms with E-state index in [-0.39, 0.29) is 0 Å². The normalized spacial score (nSPS) is 12.2. The van der Waals surface area contributed by atoms with Crippen LogP contribution < -0.4 is 16.2 Å². The van der Waals surface area contributed by atoms with Gasteiger partial charge >= 0.3 is 6.09 Å². The molecular weight excluding hydrogens is 326 g/mol. The lowest BCUT2D eigenvalue weighted by molar-refractivity contribution is -0.130. The number of amides is 2. The zero-order valence-corrected chi connectivity index (χ0v) is 13.2. The lowest BCUT2D eigenvalue weighted by atomic mass is 9.98. The minimum Gasteiger partial charge on any atom is -0.465 e. The fourth-order valence-electron chi connectivity index (χ4n) is 1.75. The Morgan fingerprint density at radius 2 is 1.92 bits per heavy atom. The van der Waals surface area contributed by atoms with Crippen molar-refractivity contribution in [3.05, 3.63) is 35.4 Å². The number of hydrogen-bond donors (Lipinski definition) is 5. The molecule has 1 rings (SSSR count). The van der Waals surface area contributed by atoms with Gasteiger partial charge in [-0.2, -0.15) is 0 Å². The Kier molecular flexibility index (Phi) is 6.18. The van der Waals surface area contributed by atoms with Crippen LogP contribution in [0, 0.1) is 17.0 Å². The number of benzene rings is 1. The number of amidine groups is 1. The number of hydrazine groups is 1. The summed E-state index contributed by atoms with van der Waals surface area (Å²) in [6.07, 6.45) is -1.45. The molecule has 0 fully saturated rings. The molecule has 10 heteroatoms. The maximum atomic E-state index is 13.5. The molecule has 0 aliphatic carbocycles. The Bertz CT molecular complexity index is 652. The van der Waals surface area contributed by atoms with Crippen LogP contribution in [-0.4, -0.2) is 41.7 Å². The van der Waals surface area contributed by atoms with Gasteiger partial charge in [0.2, 0.25) is 0 Å². The van der Waals surface area contributed by atoms with Gasteiger partial charge in [-0.25, -0.2) is 13.6 Å². The van der Waals surface area contributed by atoms with E-state index in [1.165, 1.54) is 21.0 Å². The predicted octanol–water partition coefficient (Wildman–Crippen LogP) is 0.972. The molecule has 0 aliphatic heterocycles. The van der Waals surface area contributed by atoms with Crippen molar-refractivity contribution in [2.24, 2.45) is 0 Å². The first-order valence-corrected chi connectivity index (χ1v) is 6.73. The van der Waals surface area contributed by atoms with Gasteiger partial charge < -0.3 is 15.2 Å². The number of carbonyl (C=O) groups excluding carboxylic acids is 1. The summed E-state index contributed by atoms with van der Waals surface area (Å²) in [4.78, 5) is 22.9. The summed E-state index contributed by atoms with van der Waals surface area (Å²) in [7, 11) is 1.29. The summed E-state index contributed by atoms with van der Waals surface area (Å²) in [5.74, 6) is -3.09. The van der Waals surface area contributed by atoms with Crippen LogP contribution in [0.2, 0.25) is 0 Å². The third kappa shape index (κ3) is 4.88. The highest BCUT2D eigenvalue weighted by molar-refractivity contribution is 5.98. The summed E-state index contributed by atoms with van der Waals surface area (Å²) >= 11 is 0. The second kappa shape index (κ2) is 7.68. The number of carboxylic acid groups (broad SMARTS) is 1. The Balaban J connectivity index is 2.83. The number of rotatable bonds is 5. The highest BCUT2D eigenvalue weighted by atomic mass is 19.1. The quantitative estimate of drug-likeness (QED) is 0.309. The van der Waals surface area contributed by atoms with Crippen LogP contribution >= 0.6 is 0 Å². The molecule has 2 amide bonds. The van der Waals surface area contributed by atoms with Crippen molar-refractivity contribution < 1.29 is 28.2 Å². The zero-order valence-electron chi connectivity index (χ0n) is 13.2. The second-order valence-corrected chi connectivity index (χ2v) is 5.30. The molecule has 0 aromatic heterocycles. The van der Waals surface area contributed by atoms with Crippen LogP contribution in [-0.2, 0) is 9.53 Å². The minimum absolute atomic E-state index is 0.399. The molecule has 0 saturated heterocycles. The number of ether oxygens (including phenoxy) is 1. The van der Waals surface area contributed by atoms with E-state index in [1.54, 1.807) is 0 Å². The van der Waals surface area contributed by atoms with Gasteiger partial charge in [0, 0.05) is 7.11 Å². The molecule has 8 nitrogen and oxygen atoms in total. The molecule has 0 heterocycles. The van der Waals surface area contributed by atoms with Crippen molar-refractivity contribution in [2.75, 3.05) is 7.11 Å². The molecule has 1 unspecified atom stereocenters. The van der Waals surface area contributed by atoms with Gasteiger partial charge in [0.25, 0.3) is 5.91 Å². The zero-order chi connectivity index (χ0) is 18.5. The van der Waals surface area contributed by atoms with Crippen LogP contribution in [0.15, 0.2) is 18.2 Å². The van der Waals surface area contributed by atoms with Gasteiger partial charge in [0.1, 0.15) is 23.5 Å². The van der Waals surface area contributed by atoms with Crippen molar-refractivity contribution >= 4 is 17.8 Å². The van der Waals surface area contributed by atoms with Gasteiger partial charge in [-0.15, -0.1) is 0 Å². The van der Waals surface area contributed by atoms with Crippen LogP contribution in [0.1, 0.15) is 19.4 Å². The highest BCUT2D eigenvalue weighted by Crippen LogP contribution is 2.14. The topological polar surface area (TPSA) is 124 Å². The molecule has 1 aromatic carbocycles. The Labute approximate surface area is 136 Å². The van der Waals surface area contributed by atoms with Crippen LogP contribution in [0.3, 0.4) is 0 Å². The van der Waals surface area contributed by atoms with E-state index in [0.29, 0.717) is 0 Å². The van der Waals surface area contributed by atoms with Gasteiger partial charge in [0.15, 0.2) is 0 Å². The molecule has 0 saturated carbocycles. The average molecular weight is 344 g/mol. The first-order valence-electron chi connectivity index (χ1n) is 6.73. The first kappa shape index (κ1) is 19.3. The lowest BCUT2D eigenvalue weighted by Gasteiger charge is -2.31. The largest absolute Gasteiger partial charge is 0.465 e.